The van der Waals surface area contributed by atoms with Crippen LogP contribution in [0.25, 0.3) is 6.08 Å². The second-order valence-electron chi connectivity index (χ2n) is 3.79. The fourth-order valence-electron chi connectivity index (χ4n) is 1.48. The van der Waals surface area contributed by atoms with Crippen molar-refractivity contribution in [3.63, 3.8) is 0 Å². The first-order chi connectivity index (χ1) is 9.16. The Hall–Kier alpha value is -2.82. The number of non-ortho nitro benzene ring substituents is 1. The van der Waals surface area contributed by atoms with E-state index in [1.54, 1.807) is 36.5 Å². The minimum absolute atomic E-state index is 0.0238. The molecule has 2 rings (SSSR count). The lowest BCUT2D eigenvalue weighted by atomic mass is 10.1. The standard InChI is InChI=1S/C14H10N2O3/c17-14(12-2-1-9-15-10-12)8-5-11-3-6-13(7-4-11)16(18)19/h1-10H. The highest BCUT2D eigenvalue weighted by Crippen LogP contribution is 2.13. The second-order valence-corrected chi connectivity index (χ2v) is 3.79. The van der Waals surface area contributed by atoms with E-state index in [1.807, 2.05) is 0 Å². The molecule has 0 saturated carbocycles. The van der Waals surface area contributed by atoms with Crippen molar-refractivity contribution in [2.45, 2.75) is 0 Å². The maximum Gasteiger partial charge on any atom is 0.269 e. The molecule has 0 radical (unpaired) electrons. The molecule has 0 aliphatic rings. The average molecular weight is 254 g/mol. The predicted molar refractivity (Wildman–Crippen MR) is 70.7 cm³/mol. The Morgan fingerprint density at radius 3 is 2.53 bits per heavy atom. The van der Waals surface area contributed by atoms with Crippen molar-refractivity contribution in [3.8, 4) is 0 Å². The van der Waals surface area contributed by atoms with Gasteiger partial charge in [-0.05, 0) is 35.9 Å². The molecular weight excluding hydrogens is 244 g/mol. The first-order valence-electron chi connectivity index (χ1n) is 5.54. The molecule has 0 saturated heterocycles. The van der Waals surface area contributed by atoms with Gasteiger partial charge < -0.3 is 0 Å². The highest BCUT2D eigenvalue weighted by molar-refractivity contribution is 6.06. The van der Waals surface area contributed by atoms with Crippen LogP contribution >= 0.6 is 0 Å². The van der Waals surface area contributed by atoms with E-state index in [2.05, 4.69) is 4.98 Å². The van der Waals surface area contributed by atoms with Crippen LogP contribution in [-0.4, -0.2) is 15.7 Å². The molecule has 0 unspecified atom stereocenters. The smallest absolute Gasteiger partial charge is 0.269 e. The number of nitro groups is 1. The van der Waals surface area contributed by atoms with E-state index in [1.165, 1.54) is 24.4 Å². The summed E-state index contributed by atoms with van der Waals surface area (Å²) in [5.41, 5.74) is 1.25. The van der Waals surface area contributed by atoms with Gasteiger partial charge in [0.2, 0.25) is 0 Å². The van der Waals surface area contributed by atoms with Crippen LogP contribution in [0.15, 0.2) is 54.9 Å². The topological polar surface area (TPSA) is 73.1 Å². The van der Waals surface area contributed by atoms with Gasteiger partial charge in [0.15, 0.2) is 5.78 Å². The van der Waals surface area contributed by atoms with E-state index >= 15 is 0 Å². The first-order valence-corrected chi connectivity index (χ1v) is 5.54. The molecule has 1 heterocycles. The number of benzene rings is 1. The summed E-state index contributed by atoms with van der Waals surface area (Å²) in [6.45, 7) is 0. The lowest BCUT2D eigenvalue weighted by Gasteiger charge is -1.95. The predicted octanol–water partition coefficient (Wildman–Crippen LogP) is 2.89. The maximum absolute atomic E-state index is 11.8. The van der Waals surface area contributed by atoms with Gasteiger partial charge in [-0.2, -0.15) is 0 Å². The van der Waals surface area contributed by atoms with Crippen molar-refractivity contribution in [1.29, 1.82) is 0 Å². The Balaban J connectivity index is 2.10. The van der Waals surface area contributed by atoms with Crippen LogP contribution in [0.5, 0.6) is 0 Å². The van der Waals surface area contributed by atoms with Crippen molar-refractivity contribution in [2.75, 3.05) is 0 Å². The highest BCUT2D eigenvalue weighted by atomic mass is 16.6. The molecule has 19 heavy (non-hydrogen) atoms. The van der Waals surface area contributed by atoms with Crippen molar-refractivity contribution >= 4 is 17.5 Å². The van der Waals surface area contributed by atoms with Gasteiger partial charge in [0.1, 0.15) is 0 Å². The molecule has 0 fully saturated rings. The molecular formula is C14H10N2O3. The first kappa shape index (κ1) is 12.6. The van der Waals surface area contributed by atoms with Crippen LogP contribution in [0.4, 0.5) is 5.69 Å². The van der Waals surface area contributed by atoms with Crippen LogP contribution in [0.2, 0.25) is 0 Å². The van der Waals surface area contributed by atoms with Gasteiger partial charge in [0.05, 0.1) is 4.92 Å². The van der Waals surface area contributed by atoms with Crippen molar-refractivity contribution in [1.82, 2.24) is 4.98 Å². The number of hydrogen-bond acceptors (Lipinski definition) is 4. The molecule has 0 aliphatic heterocycles. The normalized spacial score (nSPS) is 10.5. The third-order valence-electron chi connectivity index (χ3n) is 2.48. The highest BCUT2D eigenvalue weighted by Gasteiger charge is 2.03. The average Bonchev–Trinajstić information content (AvgIpc) is 2.46. The summed E-state index contributed by atoms with van der Waals surface area (Å²) < 4.78 is 0. The largest absolute Gasteiger partial charge is 0.289 e. The Kier molecular flexibility index (Phi) is 3.78. The minimum Gasteiger partial charge on any atom is -0.289 e. The molecule has 0 N–H and O–H groups in total. The van der Waals surface area contributed by atoms with Crippen LogP contribution in [0, 0.1) is 10.1 Å². The monoisotopic (exact) mass is 254 g/mol. The lowest BCUT2D eigenvalue weighted by Crippen LogP contribution is -1.94. The van der Waals surface area contributed by atoms with Crippen LogP contribution in [0.1, 0.15) is 15.9 Å². The minimum atomic E-state index is -0.464. The number of carbonyl (C=O) groups is 1. The molecule has 94 valence electrons. The molecule has 5 nitrogen and oxygen atoms in total. The summed E-state index contributed by atoms with van der Waals surface area (Å²) >= 11 is 0. The summed E-state index contributed by atoms with van der Waals surface area (Å²) in [5.74, 6) is -0.161. The molecule has 0 atom stereocenters. The van der Waals surface area contributed by atoms with Gasteiger partial charge in [-0.3, -0.25) is 19.9 Å². The van der Waals surface area contributed by atoms with Gasteiger partial charge in [-0.25, -0.2) is 0 Å². The number of ketones is 1. The van der Waals surface area contributed by atoms with Gasteiger partial charge in [-0.1, -0.05) is 6.08 Å². The van der Waals surface area contributed by atoms with E-state index in [0.717, 1.165) is 5.56 Å². The molecule has 5 heteroatoms. The fourth-order valence-corrected chi connectivity index (χ4v) is 1.48. The third-order valence-corrected chi connectivity index (χ3v) is 2.48. The zero-order valence-electron chi connectivity index (χ0n) is 9.89. The number of rotatable bonds is 4. The lowest BCUT2D eigenvalue weighted by molar-refractivity contribution is -0.384. The zero-order chi connectivity index (χ0) is 13.7. The quantitative estimate of drug-likeness (QED) is 0.364. The third kappa shape index (κ3) is 3.32. The number of nitro benzene ring substituents is 1. The Bertz CT molecular complexity index is 619. The maximum atomic E-state index is 11.8. The second kappa shape index (κ2) is 5.68. The molecule has 0 aliphatic carbocycles. The Morgan fingerprint density at radius 1 is 1.21 bits per heavy atom. The van der Waals surface area contributed by atoms with Crippen molar-refractivity contribution in [2.24, 2.45) is 0 Å². The summed E-state index contributed by atoms with van der Waals surface area (Å²) in [6.07, 6.45) is 6.11. The van der Waals surface area contributed by atoms with Gasteiger partial charge in [0, 0.05) is 30.1 Å². The summed E-state index contributed by atoms with van der Waals surface area (Å²) in [4.78, 5) is 25.6. The summed E-state index contributed by atoms with van der Waals surface area (Å²) in [5, 5.41) is 10.5. The Labute approximate surface area is 109 Å². The van der Waals surface area contributed by atoms with E-state index < -0.39 is 4.92 Å². The number of aromatic nitrogens is 1. The number of carbonyl (C=O) groups excluding carboxylic acids is 1. The SMILES string of the molecule is O=C(C=Cc1ccc([N+](=O)[O-])cc1)c1cccnc1. The summed E-state index contributed by atoms with van der Waals surface area (Å²) in [6, 6.07) is 9.33. The van der Waals surface area contributed by atoms with Gasteiger partial charge in [0.25, 0.3) is 5.69 Å². The van der Waals surface area contributed by atoms with Crippen LogP contribution in [0.3, 0.4) is 0 Å². The number of hydrogen-bond donors (Lipinski definition) is 0. The van der Waals surface area contributed by atoms with E-state index in [4.69, 9.17) is 0 Å². The van der Waals surface area contributed by atoms with E-state index in [9.17, 15) is 14.9 Å². The fraction of sp³-hybridized carbons (Fsp3) is 0. The number of allylic oxidation sites excluding steroid dienone is 1. The van der Waals surface area contributed by atoms with Gasteiger partial charge >= 0.3 is 0 Å². The number of pyridine rings is 1. The number of nitrogens with zero attached hydrogens (tertiary/aromatic N) is 2. The van der Waals surface area contributed by atoms with Crippen LogP contribution in [-0.2, 0) is 0 Å². The van der Waals surface area contributed by atoms with Crippen molar-refractivity contribution in [3.05, 3.63) is 76.1 Å². The molecule has 1 aromatic heterocycles. The zero-order valence-corrected chi connectivity index (χ0v) is 9.89. The van der Waals surface area contributed by atoms with Crippen LogP contribution < -0.4 is 0 Å². The van der Waals surface area contributed by atoms with E-state index in [-0.39, 0.29) is 11.5 Å². The van der Waals surface area contributed by atoms with Crippen molar-refractivity contribution < 1.29 is 9.72 Å². The Morgan fingerprint density at radius 2 is 1.95 bits per heavy atom. The molecule has 2 aromatic rings. The molecule has 1 aromatic carbocycles. The molecule has 0 spiro atoms. The van der Waals surface area contributed by atoms with Gasteiger partial charge in [-0.15, -0.1) is 0 Å². The molecule has 0 amide bonds. The summed E-state index contributed by atoms with van der Waals surface area (Å²) in [7, 11) is 0. The van der Waals surface area contributed by atoms with E-state index in [0.29, 0.717) is 5.56 Å². The molecule has 0 bridgehead atoms.